The predicted octanol–water partition coefficient (Wildman–Crippen LogP) is 4.86. The van der Waals surface area contributed by atoms with Gasteiger partial charge in [0.15, 0.2) is 0 Å². The number of imide groups is 1. The van der Waals surface area contributed by atoms with E-state index in [0.29, 0.717) is 0 Å². The first-order valence-electron chi connectivity index (χ1n) is 12.2. The molecular weight excluding hydrogens is 495 g/mol. The molecule has 0 bridgehead atoms. The van der Waals surface area contributed by atoms with Gasteiger partial charge in [0.1, 0.15) is 6.04 Å². The van der Waals surface area contributed by atoms with Crippen LogP contribution in [0.1, 0.15) is 28.3 Å². The molecule has 0 aliphatic carbocycles. The van der Waals surface area contributed by atoms with Crippen molar-refractivity contribution in [1.82, 2.24) is 9.80 Å². The van der Waals surface area contributed by atoms with E-state index in [1.165, 1.54) is 17.0 Å². The van der Waals surface area contributed by atoms with Gasteiger partial charge in [-0.25, -0.2) is 0 Å². The Kier molecular flexibility index (Phi) is 5.59. The van der Waals surface area contributed by atoms with Crippen LogP contribution in [-0.4, -0.2) is 33.6 Å². The number of anilines is 1. The van der Waals surface area contributed by atoms with Crippen molar-refractivity contribution in [3.63, 3.8) is 0 Å². The number of likely N-dealkylation sites (tertiary alicyclic amines) is 1. The van der Waals surface area contributed by atoms with Gasteiger partial charge in [0.05, 0.1) is 30.0 Å². The van der Waals surface area contributed by atoms with Crippen LogP contribution in [0.15, 0.2) is 85.1 Å². The van der Waals surface area contributed by atoms with E-state index < -0.39 is 47.5 Å². The third-order valence-corrected chi connectivity index (χ3v) is 7.46. The van der Waals surface area contributed by atoms with Crippen LogP contribution >= 0.6 is 0 Å². The van der Waals surface area contributed by atoms with Gasteiger partial charge in [0.2, 0.25) is 17.7 Å². The molecule has 1 N–H and O–H groups in total. The van der Waals surface area contributed by atoms with E-state index in [1.807, 2.05) is 60.7 Å². The summed E-state index contributed by atoms with van der Waals surface area (Å²) in [4.78, 5) is 44.0. The third-order valence-electron chi connectivity index (χ3n) is 7.46. The lowest BCUT2D eigenvalue weighted by molar-refractivity contribution is -0.143. The van der Waals surface area contributed by atoms with Crippen molar-refractivity contribution >= 4 is 29.5 Å². The highest BCUT2D eigenvalue weighted by Crippen LogP contribution is 2.52. The normalized spacial score (nSPS) is 23.8. The van der Waals surface area contributed by atoms with Crippen LogP contribution in [0.5, 0.6) is 0 Å². The molecule has 1 unspecified atom stereocenters. The number of hydrogen-bond acceptors (Lipinski definition) is 4. The first-order valence-corrected chi connectivity index (χ1v) is 12.2. The molecule has 0 spiro atoms. The van der Waals surface area contributed by atoms with E-state index in [4.69, 9.17) is 0 Å². The number of nitrogens with one attached hydrogen (secondary N) is 1. The highest BCUT2D eigenvalue weighted by atomic mass is 19.4. The van der Waals surface area contributed by atoms with Crippen molar-refractivity contribution in [2.45, 2.75) is 24.8 Å². The summed E-state index contributed by atoms with van der Waals surface area (Å²) in [6.45, 7) is 0.0810. The third kappa shape index (κ3) is 3.86. The summed E-state index contributed by atoms with van der Waals surface area (Å²) in [7, 11) is 0. The summed E-state index contributed by atoms with van der Waals surface area (Å²) in [6, 6.07) is 19.3. The van der Waals surface area contributed by atoms with Crippen molar-refractivity contribution in [3.8, 4) is 0 Å². The quantitative estimate of drug-likeness (QED) is 0.503. The van der Waals surface area contributed by atoms with E-state index in [0.717, 1.165) is 28.8 Å². The maximum atomic E-state index is 13.7. The van der Waals surface area contributed by atoms with E-state index in [1.54, 1.807) is 11.1 Å². The van der Waals surface area contributed by atoms with Crippen LogP contribution in [0.3, 0.4) is 0 Å². The van der Waals surface area contributed by atoms with Crippen LogP contribution in [-0.2, 0) is 27.1 Å². The van der Waals surface area contributed by atoms with Gasteiger partial charge < -0.3 is 10.2 Å². The highest BCUT2D eigenvalue weighted by Gasteiger charge is 2.64. The first-order chi connectivity index (χ1) is 18.2. The Balaban J connectivity index is 1.38. The van der Waals surface area contributed by atoms with E-state index in [2.05, 4.69) is 5.32 Å². The molecule has 3 amide bonds. The zero-order chi connectivity index (χ0) is 26.6. The molecule has 2 saturated heterocycles. The largest absolute Gasteiger partial charge is 0.416 e. The van der Waals surface area contributed by atoms with Crippen molar-refractivity contribution in [2.75, 3.05) is 5.32 Å². The number of rotatable bonds is 4. The molecule has 3 aromatic carbocycles. The molecule has 9 heteroatoms. The van der Waals surface area contributed by atoms with Gasteiger partial charge in [0.25, 0.3) is 0 Å². The lowest BCUT2D eigenvalue weighted by Crippen LogP contribution is -2.46. The summed E-state index contributed by atoms with van der Waals surface area (Å²) in [5.74, 6) is -3.27. The summed E-state index contributed by atoms with van der Waals surface area (Å²) in [5.41, 5.74) is 1.55. The molecule has 38 heavy (non-hydrogen) atoms. The Morgan fingerprint density at radius 2 is 1.58 bits per heavy atom. The second-order valence-electron chi connectivity index (χ2n) is 9.65. The molecule has 6 rings (SSSR count). The van der Waals surface area contributed by atoms with Gasteiger partial charge in [-0.1, -0.05) is 60.7 Å². The number of halogens is 3. The number of benzene rings is 3. The fourth-order valence-electron chi connectivity index (χ4n) is 5.83. The van der Waals surface area contributed by atoms with Gasteiger partial charge in [-0.2, -0.15) is 13.2 Å². The Morgan fingerprint density at radius 1 is 0.868 bits per heavy atom. The SMILES string of the molecule is O=C(Nc1cccc(C(F)(F)F)c1)[C@@H]1[C@@H]2C(=O)N(Cc3ccccc3)C(=O)[C@@H]2C2c3ccccc3C=CN21. The number of hydrogen-bond donors (Lipinski definition) is 1. The topological polar surface area (TPSA) is 69.7 Å². The molecule has 0 aromatic heterocycles. The second-order valence-corrected chi connectivity index (χ2v) is 9.65. The average Bonchev–Trinajstić information content (AvgIpc) is 3.37. The Hall–Kier alpha value is -4.40. The number of fused-ring (bicyclic) bond motifs is 5. The smallest absolute Gasteiger partial charge is 0.357 e. The van der Waals surface area contributed by atoms with E-state index >= 15 is 0 Å². The summed E-state index contributed by atoms with van der Waals surface area (Å²) < 4.78 is 39.7. The summed E-state index contributed by atoms with van der Waals surface area (Å²) in [5, 5.41) is 2.57. The average molecular weight is 518 g/mol. The summed E-state index contributed by atoms with van der Waals surface area (Å²) in [6.07, 6.45) is -1.06. The van der Waals surface area contributed by atoms with Crippen LogP contribution in [0, 0.1) is 11.8 Å². The molecule has 0 radical (unpaired) electrons. The molecule has 0 saturated carbocycles. The molecule has 4 atom stereocenters. The summed E-state index contributed by atoms with van der Waals surface area (Å²) >= 11 is 0. The van der Waals surface area contributed by atoms with Crippen LogP contribution in [0.4, 0.5) is 18.9 Å². The van der Waals surface area contributed by atoms with Crippen LogP contribution < -0.4 is 5.32 Å². The number of nitrogens with zero attached hydrogens (tertiary/aromatic N) is 2. The van der Waals surface area contributed by atoms with Gasteiger partial charge in [0, 0.05) is 11.9 Å². The molecule has 3 aliphatic rings. The first kappa shape index (κ1) is 24.0. The zero-order valence-electron chi connectivity index (χ0n) is 19.9. The molecule has 6 nitrogen and oxygen atoms in total. The molecular formula is C29H22F3N3O3. The van der Waals surface area contributed by atoms with Crippen LogP contribution in [0.2, 0.25) is 0 Å². The lowest BCUT2D eigenvalue weighted by Gasteiger charge is -2.35. The minimum Gasteiger partial charge on any atom is -0.357 e. The predicted molar refractivity (Wildman–Crippen MR) is 133 cm³/mol. The van der Waals surface area contributed by atoms with Gasteiger partial charge in [-0.05, 0) is 41.0 Å². The minimum absolute atomic E-state index is 0.0378. The lowest BCUT2D eigenvalue weighted by atomic mass is 9.84. The Labute approximate surface area is 216 Å². The van der Waals surface area contributed by atoms with Crippen molar-refractivity contribution in [3.05, 3.63) is 107 Å². The van der Waals surface area contributed by atoms with Gasteiger partial charge >= 0.3 is 6.18 Å². The molecule has 3 aliphatic heterocycles. The second kappa shape index (κ2) is 8.86. The maximum absolute atomic E-state index is 13.7. The zero-order valence-corrected chi connectivity index (χ0v) is 19.9. The molecule has 3 heterocycles. The molecule has 2 fully saturated rings. The maximum Gasteiger partial charge on any atom is 0.416 e. The highest BCUT2D eigenvalue weighted by molar-refractivity contribution is 6.10. The molecule has 3 aromatic rings. The van der Waals surface area contributed by atoms with E-state index in [-0.39, 0.29) is 18.1 Å². The monoisotopic (exact) mass is 517 g/mol. The van der Waals surface area contributed by atoms with Crippen LogP contribution in [0.25, 0.3) is 6.08 Å². The van der Waals surface area contributed by atoms with E-state index in [9.17, 15) is 27.6 Å². The number of amides is 3. The Bertz CT molecular complexity index is 1470. The minimum atomic E-state index is -4.57. The molecule has 192 valence electrons. The van der Waals surface area contributed by atoms with Gasteiger partial charge in [-0.15, -0.1) is 0 Å². The standard InChI is InChI=1S/C29H22F3N3O3/c30-29(31,32)19-10-6-11-20(15-19)33-26(36)25-23-22(24-21-12-5-4-9-18(21)13-14-34(24)25)27(37)35(28(23)38)16-17-7-2-1-3-8-17/h1-15,22-25H,16H2,(H,33,36)/t22-,23+,24?,25-/m0/s1. The number of alkyl halides is 3. The Morgan fingerprint density at radius 3 is 2.34 bits per heavy atom. The number of carbonyl (C=O) groups is 3. The van der Waals surface area contributed by atoms with Crippen molar-refractivity contribution in [1.29, 1.82) is 0 Å². The van der Waals surface area contributed by atoms with Crippen molar-refractivity contribution < 1.29 is 27.6 Å². The fraction of sp³-hybridized carbons (Fsp3) is 0.207. The fourth-order valence-corrected chi connectivity index (χ4v) is 5.83. The number of carbonyl (C=O) groups excluding carboxylic acids is 3. The van der Waals surface area contributed by atoms with Gasteiger partial charge in [-0.3, -0.25) is 19.3 Å². The van der Waals surface area contributed by atoms with Crippen molar-refractivity contribution in [2.24, 2.45) is 11.8 Å².